The van der Waals surface area contributed by atoms with Gasteiger partial charge in [-0.3, -0.25) is 9.20 Å². The molecule has 6 nitrogen and oxygen atoms in total. The molecule has 0 saturated carbocycles. The number of carbonyl (C=O) groups excluding carboxylic acids is 1. The van der Waals surface area contributed by atoms with Gasteiger partial charge in [0, 0.05) is 24.5 Å². The number of morpholine rings is 1. The van der Waals surface area contributed by atoms with Gasteiger partial charge >= 0.3 is 0 Å². The lowest BCUT2D eigenvalue weighted by Gasteiger charge is -2.26. The van der Waals surface area contributed by atoms with E-state index in [9.17, 15) is 4.79 Å². The van der Waals surface area contributed by atoms with Crippen molar-refractivity contribution in [1.29, 1.82) is 0 Å². The van der Waals surface area contributed by atoms with Gasteiger partial charge in [-0.15, -0.1) is 0 Å². The molecule has 2 aromatic heterocycles. The Balaban J connectivity index is 1.54. The normalized spacial score (nSPS) is 22.0. The van der Waals surface area contributed by atoms with Gasteiger partial charge < -0.3 is 9.64 Å². The van der Waals surface area contributed by atoms with Gasteiger partial charge in [-0.25, -0.2) is 9.97 Å². The summed E-state index contributed by atoms with van der Waals surface area (Å²) in [5, 5.41) is 0. The van der Waals surface area contributed by atoms with Crippen molar-refractivity contribution in [3.63, 3.8) is 0 Å². The Bertz CT molecular complexity index is 963. The fourth-order valence-corrected chi connectivity index (χ4v) is 3.72. The molecule has 6 heteroatoms. The first-order chi connectivity index (χ1) is 12.2. The fourth-order valence-electron chi connectivity index (χ4n) is 3.72. The molecule has 2 aliphatic heterocycles. The Labute approximate surface area is 145 Å². The predicted octanol–water partition coefficient (Wildman–Crippen LogP) is 2.32. The van der Waals surface area contributed by atoms with Gasteiger partial charge in [-0.1, -0.05) is 29.8 Å². The van der Waals surface area contributed by atoms with Crippen LogP contribution in [0.25, 0.3) is 16.9 Å². The lowest BCUT2D eigenvalue weighted by molar-refractivity contribution is 0.0255. The molecule has 126 valence electrons. The molecule has 0 aliphatic carbocycles. The number of ether oxygens (including phenoxy) is 1. The van der Waals surface area contributed by atoms with Gasteiger partial charge in [0.2, 0.25) is 5.78 Å². The summed E-state index contributed by atoms with van der Waals surface area (Å²) in [6.45, 7) is 3.37. The summed E-state index contributed by atoms with van der Waals surface area (Å²) in [6.07, 6.45) is 6.49. The van der Waals surface area contributed by atoms with Crippen LogP contribution in [0.1, 0.15) is 22.5 Å². The van der Waals surface area contributed by atoms with Crippen LogP contribution in [0.5, 0.6) is 0 Å². The van der Waals surface area contributed by atoms with E-state index in [4.69, 9.17) is 4.74 Å². The highest BCUT2D eigenvalue weighted by molar-refractivity contribution is 5.93. The molecule has 2 aliphatic rings. The van der Waals surface area contributed by atoms with Gasteiger partial charge in [0.05, 0.1) is 24.9 Å². The van der Waals surface area contributed by atoms with Crippen LogP contribution >= 0.6 is 0 Å². The van der Waals surface area contributed by atoms with E-state index < -0.39 is 0 Å². The third kappa shape index (κ3) is 2.33. The minimum atomic E-state index is 0.00570. The van der Waals surface area contributed by atoms with E-state index in [0.717, 1.165) is 17.5 Å². The summed E-state index contributed by atoms with van der Waals surface area (Å²) in [6, 6.07) is 8.46. The molecule has 25 heavy (non-hydrogen) atoms. The van der Waals surface area contributed by atoms with Crippen LogP contribution in [-0.2, 0) is 4.74 Å². The Morgan fingerprint density at radius 1 is 1.16 bits per heavy atom. The molecule has 1 aromatic carbocycles. The number of likely N-dealkylation sites (tertiary alicyclic amines) is 1. The molecule has 4 heterocycles. The first kappa shape index (κ1) is 14.6. The SMILES string of the molecule is Cc1ccc(-c2cnc3ncc(C(=O)N4CC5CC4CO5)n3c2)cc1. The standard InChI is InChI=1S/C19H18N4O2/c1-12-2-4-13(5-3-12)14-7-20-19-21-8-17(23(19)9-14)18(24)22-10-16-6-15(22)11-25-16/h2-5,7-9,15-16H,6,10-11H2,1H3. The first-order valence-electron chi connectivity index (χ1n) is 8.52. The van der Waals surface area contributed by atoms with Crippen LogP contribution in [0.4, 0.5) is 0 Å². The molecule has 2 unspecified atom stereocenters. The fraction of sp³-hybridized carbons (Fsp3) is 0.316. The second-order valence-corrected chi connectivity index (χ2v) is 6.82. The van der Waals surface area contributed by atoms with E-state index in [-0.39, 0.29) is 18.1 Å². The van der Waals surface area contributed by atoms with Crippen molar-refractivity contribution in [2.45, 2.75) is 25.5 Å². The number of nitrogens with zero attached hydrogens (tertiary/aromatic N) is 4. The highest BCUT2D eigenvalue weighted by Crippen LogP contribution is 2.29. The van der Waals surface area contributed by atoms with Crippen molar-refractivity contribution in [3.05, 3.63) is 54.1 Å². The van der Waals surface area contributed by atoms with Crippen LogP contribution in [0, 0.1) is 6.92 Å². The van der Waals surface area contributed by atoms with Gasteiger partial charge in [-0.05, 0) is 18.9 Å². The summed E-state index contributed by atoms with van der Waals surface area (Å²) >= 11 is 0. The highest BCUT2D eigenvalue weighted by Gasteiger charge is 2.42. The Morgan fingerprint density at radius 2 is 1.96 bits per heavy atom. The predicted molar refractivity (Wildman–Crippen MR) is 92.3 cm³/mol. The maximum atomic E-state index is 13.0. The number of aromatic nitrogens is 3. The van der Waals surface area contributed by atoms with Crippen LogP contribution in [-0.4, -0.2) is 50.5 Å². The third-order valence-electron chi connectivity index (χ3n) is 5.13. The van der Waals surface area contributed by atoms with Crippen molar-refractivity contribution in [2.24, 2.45) is 0 Å². The third-order valence-corrected chi connectivity index (χ3v) is 5.13. The van der Waals surface area contributed by atoms with Crippen molar-refractivity contribution >= 4 is 11.7 Å². The first-order valence-corrected chi connectivity index (χ1v) is 8.52. The molecule has 2 bridgehead atoms. The van der Waals surface area contributed by atoms with Crippen molar-refractivity contribution in [3.8, 4) is 11.1 Å². The number of imidazole rings is 1. The zero-order chi connectivity index (χ0) is 17.0. The number of fused-ring (bicyclic) bond motifs is 3. The summed E-state index contributed by atoms with van der Waals surface area (Å²) < 4.78 is 7.39. The molecule has 3 aromatic rings. The largest absolute Gasteiger partial charge is 0.374 e. The molecular formula is C19H18N4O2. The van der Waals surface area contributed by atoms with Gasteiger partial charge in [0.25, 0.3) is 5.91 Å². The zero-order valence-corrected chi connectivity index (χ0v) is 13.9. The van der Waals surface area contributed by atoms with E-state index >= 15 is 0 Å². The maximum absolute atomic E-state index is 13.0. The molecule has 1 amide bonds. The molecular weight excluding hydrogens is 316 g/mol. The minimum absolute atomic E-state index is 0.00570. The zero-order valence-electron chi connectivity index (χ0n) is 13.9. The molecule has 0 N–H and O–H groups in total. The molecule has 2 atom stereocenters. The Kier molecular flexibility index (Phi) is 3.15. The second-order valence-electron chi connectivity index (χ2n) is 6.82. The monoisotopic (exact) mass is 334 g/mol. The van der Waals surface area contributed by atoms with Crippen molar-refractivity contribution < 1.29 is 9.53 Å². The average molecular weight is 334 g/mol. The molecule has 2 saturated heterocycles. The average Bonchev–Trinajstić information content (AvgIpc) is 3.36. The molecule has 0 radical (unpaired) electrons. The number of hydrogen-bond donors (Lipinski definition) is 0. The van der Waals surface area contributed by atoms with Gasteiger partial charge in [-0.2, -0.15) is 0 Å². The number of hydrogen-bond acceptors (Lipinski definition) is 4. The van der Waals surface area contributed by atoms with E-state index in [1.54, 1.807) is 16.8 Å². The van der Waals surface area contributed by atoms with E-state index in [2.05, 4.69) is 41.2 Å². The number of rotatable bonds is 2. The number of benzene rings is 1. The smallest absolute Gasteiger partial charge is 0.272 e. The van der Waals surface area contributed by atoms with Crippen LogP contribution in [0.2, 0.25) is 0 Å². The summed E-state index contributed by atoms with van der Waals surface area (Å²) in [5.41, 5.74) is 3.80. The topological polar surface area (TPSA) is 59.7 Å². The summed E-state index contributed by atoms with van der Waals surface area (Å²) in [5.74, 6) is 0.547. The van der Waals surface area contributed by atoms with E-state index in [0.29, 0.717) is 24.6 Å². The summed E-state index contributed by atoms with van der Waals surface area (Å²) in [4.78, 5) is 23.6. The summed E-state index contributed by atoms with van der Waals surface area (Å²) in [7, 11) is 0. The Hall–Kier alpha value is -2.73. The number of carbonyl (C=O) groups is 1. The van der Waals surface area contributed by atoms with E-state index in [1.165, 1.54) is 5.56 Å². The van der Waals surface area contributed by atoms with Gasteiger partial charge in [0.1, 0.15) is 5.69 Å². The maximum Gasteiger partial charge on any atom is 0.272 e. The Morgan fingerprint density at radius 3 is 2.68 bits per heavy atom. The molecule has 2 fully saturated rings. The lowest BCUT2D eigenvalue weighted by Crippen LogP contribution is -2.41. The van der Waals surface area contributed by atoms with Gasteiger partial charge in [0.15, 0.2) is 0 Å². The lowest BCUT2D eigenvalue weighted by atomic mass is 10.1. The van der Waals surface area contributed by atoms with Crippen LogP contribution < -0.4 is 0 Å². The number of aryl methyl sites for hydroxylation is 1. The molecule has 0 spiro atoms. The molecule has 5 rings (SSSR count). The minimum Gasteiger partial charge on any atom is -0.374 e. The van der Waals surface area contributed by atoms with Crippen LogP contribution in [0.3, 0.4) is 0 Å². The van der Waals surface area contributed by atoms with Crippen molar-refractivity contribution in [2.75, 3.05) is 13.2 Å². The van der Waals surface area contributed by atoms with Crippen molar-refractivity contribution in [1.82, 2.24) is 19.3 Å². The highest BCUT2D eigenvalue weighted by atomic mass is 16.5. The van der Waals surface area contributed by atoms with E-state index in [1.807, 2.05) is 11.1 Å². The quantitative estimate of drug-likeness (QED) is 0.722. The van der Waals surface area contributed by atoms with Crippen LogP contribution in [0.15, 0.2) is 42.9 Å². The number of amides is 1. The second kappa shape index (κ2) is 5.39.